The SMILES string of the molecule is N#Cc1c(-c2ccccc2)cc(-c2cccs2)nc1SC[SiH](O)CCCCCl. The number of pyridine rings is 1. The summed E-state index contributed by atoms with van der Waals surface area (Å²) in [5.41, 5.74) is 3.34. The molecule has 3 nitrogen and oxygen atoms in total. The van der Waals surface area contributed by atoms with E-state index in [1.807, 2.05) is 53.9 Å². The third-order valence-electron chi connectivity index (χ3n) is 4.29. The summed E-state index contributed by atoms with van der Waals surface area (Å²) in [6.45, 7) is 0. The first-order valence-electron chi connectivity index (χ1n) is 9.14. The van der Waals surface area contributed by atoms with Crippen LogP contribution in [0.4, 0.5) is 0 Å². The number of thioether (sulfide) groups is 1. The number of hydrogen-bond acceptors (Lipinski definition) is 5. The van der Waals surface area contributed by atoms with Crippen molar-refractivity contribution < 1.29 is 4.80 Å². The Balaban J connectivity index is 1.94. The van der Waals surface area contributed by atoms with Gasteiger partial charge in [-0.05, 0) is 35.5 Å². The van der Waals surface area contributed by atoms with Crippen LogP contribution in [0.5, 0.6) is 0 Å². The molecule has 0 spiro atoms. The molecule has 144 valence electrons. The highest BCUT2D eigenvalue weighted by Gasteiger charge is 2.18. The summed E-state index contributed by atoms with van der Waals surface area (Å²) >= 11 is 8.86. The second-order valence-electron chi connectivity index (χ2n) is 6.34. The van der Waals surface area contributed by atoms with Crippen LogP contribution in [0.2, 0.25) is 6.04 Å². The molecular weight excluding hydrogens is 424 g/mol. The van der Waals surface area contributed by atoms with E-state index in [1.54, 1.807) is 11.3 Å². The van der Waals surface area contributed by atoms with Crippen LogP contribution in [0, 0.1) is 11.3 Å². The summed E-state index contributed by atoms with van der Waals surface area (Å²) in [4.78, 5) is 16.3. The van der Waals surface area contributed by atoms with E-state index < -0.39 is 9.04 Å². The van der Waals surface area contributed by atoms with Crippen molar-refractivity contribution in [3.8, 4) is 27.8 Å². The summed E-state index contributed by atoms with van der Waals surface area (Å²) in [7, 11) is -1.84. The number of unbranched alkanes of at least 4 members (excludes halogenated alkanes) is 1. The Morgan fingerprint density at radius 1 is 1.18 bits per heavy atom. The molecule has 3 rings (SSSR count). The zero-order valence-corrected chi connectivity index (χ0v) is 18.9. The molecule has 1 unspecified atom stereocenters. The highest BCUT2D eigenvalue weighted by atomic mass is 35.5. The van der Waals surface area contributed by atoms with Crippen molar-refractivity contribution >= 4 is 43.7 Å². The standard InChI is InChI=1S/C21H21ClN2OS2Si/c22-10-4-5-12-28(25)15-27-21-18(14-23)17(16-7-2-1-3-8-16)13-19(24-21)20-9-6-11-26-20/h1-3,6-9,11,13,25,28H,4-5,10,12,15H2. The van der Waals surface area contributed by atoms with Crippen LogP contribution >= 0.6 is 34.7 Å². The maximum absolute atomic E-state index is 10.4. The molecule has 0 saturated heterocycles. The van der Waals surface area contributed by atoms with E-state index in [9.17, 15) is 10.1 Å². The molecule has 7 heteroatoms. The van der Waals surface area contributed by atoms with E-state index in [4.69, 9.17) is 16.6 Å². The maximum atomic E-state index is 10.4. The first-order chi connectivity index (χ1) is 13.7. The van der Waals surface area contributed by atoms with Crippen molar-refractivity contribution in [2.24, 2.45) is 0 Å². The monoisotopic (exact) mass is 444 g/mol. The number of aromatic nitrogens is 1. The molecule has 1 aromatic carbocycles. The molecule has 0 radical (unpaired) electrons. The lowest BCUT2D eigenvalue weighted by Gasteiger charge is -2.13. The summed E-state index contributed by atoms with van der Waals surface area (Å²) in [6.07, 6.45) is 1.89. The van der Waals surface area contributed by atoms with Gasteiger partial charge in [0.25, 0.3) is 0 Å². The van der Waals surface area contributed by atoms with Crippen LogP contribution in [-0.4, -0.2) is 30.1 Å². The number of halogens is 1. The average molecular weight is 445 g/mol. The lowest BCUT2D eigenvalue weighted by atomic mass is 10.0. The predicted molar refractivity (Wildman–Crippen MR) is 123 cm³/mol. The minimum absolute atomic E-state index is 0.582. The summed E-state index contributed by atoms with van der Waals surface area (Å²) < 4.78 is 0. The third-order valence-corrected chi connectivity index (χ3v) is 9.30. The number of benzene rings is 1. The minimum atomic E-state index is -1.84. The molecule has 1 N–H and O–H groups in total. The van der Waals surface area contributed by atoms with Crippen LogP contribution in [0.15, 0.2) is 58.9 Å². The smallest absolute Gasteiger partial charge is 0.182 e. The van der Waals surface area contributed by atoms with Gasteiger partial charge in [-0.2, -0.15) is 5.26 Å². The molecule has 3 aromatic rings. The third kappa shape index (κ3) is 5.46. The maximum Gasteiger partial charge on any atom is 0.182 e. The van der Waals surface area contributed by atoms with E-state index in [1.165, 1.54) is 11.8 Å². The minimum Gasteiger partial charge on any atom is -0.434 e. The average Bonchev–Trinajstić information content (AvgIpc) is 3.27. The van der Waals surface area contributed by atoms with Crippen molar-refractivity contribution in [3.63, 3.8) is 0 Å². The first kappa shape index (κ1) is 21.1. The Labute approximate surface area is 180 Å². The van der Waals surface area contributed by atoms with Crippen LogP contribution in [-0.2, 0) is 0 Å². The predicted octanol–water partition coefficient (Wildman–Crippen LogP) is 5.72. The fourth-order valence-electron chi connectivity index (χ4n) is 2.86. The van der Waals surface area contributed by atoms with Crippen molar-refractivity contribution in [1.29, 1.82) is 5.26 Å². The molecule has 0 aliphatic rings. The number of rotatable bonds is 9. The Morgan fingerprint density at radius 2 is 2.00 bits per heavy atom. The molecule has 0 amide bonds. The second-order valence-corrected chi connectivity index (χ2v) is 11.6. The molecule has 0 aliphatic heterocycles. The van der Waals surface area contributed by atoms with Gasteiger partial charge in [0.1, 0.15) is 11.1 Å². The van der Waals surface area contributed by atoms with Gasteiger partial charge < -0.3 is 4.80 Å². The van der Waals surface area contributed by atoms with Gasteiger partial charge in [0.05, 0.1) is 16.1 Å². The summed E-state index contributed by atoms with van der Waals surface area (Å²) in [5, 5.41) is 13.2. The first-order valence-corrected chi connectivity index (χ1v) is 13.7. The normalized spacial score (nSPS) is 11.9. The van der Waals surface area contributed by atoms with E-state index in [0.29, 0.717) is 21.8 Å². The topological polar surface area (TPSA) is 56.9 Å². The Kier molecular flexibility index (Phi) is 8.13. The molecule has 0 saturated carbocycles. The van der Waals surface area contributed by atoms with Crippen molar-refractivity contribution in [2.75, 3.05) is 11.3 Å². The Bertz CT molecular complexity index is 930. The number of nitriles is 1. The quantitative estimate of drug-likeness (QED) is 0.198. The fraction of sp³-hybridized carbons (Fsp3) is 0.238. The zero-order chi connectivity index (χ0) is 19.8. The highest BCUT2D eigenvalue weighted by molar-refractivity contribution is 8.00. The second kappa shape index (κ2) is 10.8. The van der Waals surface area contributed by atoms with Gasteiger partial charge in [-0.15, -0.1) is 34.7 Å². The van der Waals surface area contributed by atoms with E-state index in [2.05, 4.69) is 6.07 Å². The molecule has 0 fully saturated rings. The highest BCUT2D eigenvalue weighted by Crippen LogP contribution is 2.35. The van der Waals surface area contributed by atoms with Gasteiger partial charge in [0, 0.05) is 16.8 Å². The van der Waals surface area contributed by atoms with Crippen LogP contribution in [0.3, 0.4) is 0 Å². The molecule has 2 heterocycles. The largest absolute Gasteiger partial charge is 0.434 e. The number of thiophene rings is 1. The summed E-state index contributed by atoms with van der Waals surface area (Å²) in [6, 6.07) is 19.2. The van der Waals surface area contributed by atoms with E-state index in [0.717, 1.165) is 40.6 Å². The van der Waals surface area contributed by atoms with Crippen LogP contribution in [0.25, 0.3) is 21.7 Å². The molecule has 28 heavy (non-hydrogen) atoms. The number of nitrogens with zero attached hydrogens (tertiary/aromatic N) is 2. The Hall–Kier alpha value is -1.62. The van der Waals surface area contributed by atoms with Gasteiger partial charge in [0.15, 0.2) is 9.04 Å². The molecular formula is C21H21ClN2OS2Si. The fourth-order valence-corrected chi connectivity index (χ4v) is 7.03. The molecule has 0 bridgehead atoms. The van der Waals surface area contributed by atoms with Gasteiger partial charge in [-0.1, -0.05) is 42.8 Å². The van der Waals surface area contributed by atoms with Crippen molar-refractivity contribution in [2.45, 2.75) is 23.9 Å². The van der Waals surface area contributed by atoms with Crippen molar-refractivity contribution in [3.05, 3.63) is 59.5 Å². The van der Waals surface area contributed by atoms with Gasteiger partial charge in [-0.25, -0.2) is 4.98 Å². The van der Waals surface area contributed by atoms with Gasteiger partial charge in [0.2, 0.25) is 0 Å². The number of hydrogen-bond donors (Lipinski definition) is 1. The van der Waals surface area contributed by atoms with Crippen molar-refractivity contribution in [1.82, 2.24) is 4.98 Å². The molecule has 0 aliphatic carbocycles. The lowest BCUT2D eigenvalue weighted by molar-refractivity contribution is 0.570. The summed E-state index contributed by atoms with van der Waals surface area (Å²) in [5.74, 6) is 0.637. The lowest BCUT2D eigenvalue weighted by Crippen LogP contribution is -2.16. The van der Waals surface area contributed by atoms with E-state index in [-0.39, 0.29) is 0 Å². The van der Waals surface area contributed by atoms with Gasteiger partial charge >= 0.3 is 0 Å². The van der Waals surface area contributed by atoms with Crippen LogP contribution < -0.4 is 0 Å². The Morgan fingerprint density at radius 3 is 2.68 bits per heavy atom. The zero-order valence-electron chi connectivity index (χ0n) is 15.3. The molecule has 2 aromatic heterocycles. The van der Waals surface area contributed by atoms with Gasteiger partial charge in [-0.3, -0.25) is 0 Å². The van der Waals surface area contributed by atoms with Crippen LogP contribution in [0.1, 0.15) is 18.4 Å². The number of alkyl halides is 1. The van der Waals surface area contributed by atoms with E-state index >= 15 is 0 Å². The molecule has 1 atom stereocenters.